The maximum absolute atomic E-state index is 12.2. The van der Waals surface area contributed by atoms with Gasteiger partial charge in [0.15, 0.2) is 5.82 Å². The number of carbonyl (C=O) groups excluding carboxylic acids is 1. The van der Waals surface area contributed by atoms with Gasteiger partial charge in [0.25, 0.3) is 0 Å². The number of aromatic nitrogens is 2. The third-order valence-corrected chi connectivity index (χ3v) is 7.48. The van der Waals surface area contributed by atoms with E-state index in [9.17, 15) is 4.79 Å². The largest absolute Gasteiger partial charge is 0.494 e. The summed E-state index contributed by atoms with van der Waals surface area (Å²) in [5, 5.41) is 0. The first kappa shape index (κ1) is 31.3. The maximum Gasteiger partial charge on any atom is 0.311 e. The van der Waals surface area contributed by atoms with E-state index in [0.29, 0.717) is 18.0 Å². The Morgan fingerprint density at radius 1 is 0.700 bits per heavy atom. The van der Waals surface area contributed by atoms with Crippen molar-refractivity contribution in [2.45, 2.75) is 104 Å². The van der Waals surface area contributed by atoms with Crippen LogP contribution in [0.15, 0.2) is 60.9 Å². The van der Waals surface area contributed by atoms with Crippen molar-refractivity contribution < 1.29 is 14.3 Å². The molecule has 1 unspecified atom stereocenters. The summed E-state index contributed by atoms with van der Waals surface area (Å²) in [6.07, 6.45) is 18.8. The first-order chi connectivity index (χ1) is 19.6. The van der Waals surface area contributed by atoms with Gasteiger partial charge in [-0.05, 0) is 60.7 Å². The topological polar surface area (TPSA) is 61.3 Å². The van der Waals surface area contributed by atoms with Gasteiger partial charge in [0, 0.05) is 29.9 Å². The van der Waals surface area contributed by atoms with Crippen LogP contribution >= 0.6 is 0 Å². The van der Waals surface area contributed by atoms with Gasteiger partial charge >= 0.3 is 5.97 Å². The Labute approximate surface area is 241 Å². The lowest BCUT2D eigenvalue weighted by Crippen LogP contribution is -2.07. The predicted molar refractivity (Wildman–Crippen MR) is 165 cm³/mol. The van der Waals surface area contributed by atoms with Crippen molar-refractivity contribution in [2.24, 2.45) is 5.92 Å². The smallest absolute Gasteiger partial charge is 0.311 e. The van der Waals surface area contributed by atoms with Gasteiger partial charge in [0.2, 0.25) is 0 Å². The second-order valence-corrected chi connectivity index (χ2v) is 10.9. The molecule has 0 radical (unpaired) electrons. The highest BCUT2D eigenvalue weighted by atomic mass is 16.5. The van der Waals surface area contributed by atoms with E-state index in [1.54, 1.807) is 0 Å². The second-order valence-electron chi connectivity index (χ2n) is 10.9. The molecule has 0 spiro atoms. The molecule has 5 heteroatoms. The van der Waals surface area contributed by atoms with Crippen molar-refractivity contribution in [2.75, 3.05) is 6.61 Å². The molecule has 216 valence electrons. The van der Waals surface area contributed by atoms with E-state index in [-0.39, 0.29) is 5.97 Å². The number of hydrogen-bond donors (Lipinski definition) is 0. The average molecular weight is 545 g/mol. The van der Waals surface area contributed by atoms with E-state index in [1.165, 1.54) is 57.8 Å². The van der Waals surface area contributed by atoms with E-state index in [1.807, 2.05) is 60.9 Å². The van der Waals surface area contributed by atoms with Crippen LogP contribution in [0.4, 0.5) is 0 Å². The Morgan fingerprint density at radius 3 is 1.95 bits per heavy atom. The van der Waals surface area contributed by atoms with Crippen LogP contribution in [0.5, 0.6) is 11.5 Å². The monoisotopic (exact) mass is 544 g/mol. The fraction of sp³-hybridized carbons (Fsp3) is 0.514. The number of ether oxygens (including phenoxy) is 2. The molecule has 0 aliphatic heterocycles. The molecular weight excluding hydrogens is 496 g/mol. The van der Waals surface area contributed by atoms with Gasteiger partial charge in [0.05, 0.1) is 6.61 Å². The van der Waals surface area contributed by atoms with Crippen molar-refractivity contribution in [1.82, 2.24) is 9.97 Å². The third kappa shape index (κ3) is 11.5. The third-order valence-electron chi connectivity index (χ3n) is 7.48. The lowest BCUT2D eigenvalue weighted by Gasteiger charge is -2.09. The lowest BCUT2D eigenvalue weighted by atomic mass is 10.0. The number of hydrogen-bond acceptors (Lipinski definition) is 5. The van der Waals surface area contributed by atoms with Crippen LogP contribution < -0.4 is 9.47 Å². The van der Waals surface area contributed by atoms with Crippen LogP contribution in [0.1, 0.15) is 104 Å². The van der Waals surface area contributed by atoms with Crippen LogP contribution in [-0.4, -0.2) is 22.5 Å². The summed E-state index contributed by atoms with van der Waals surface area (Å²) < 4.78 is 11.4. The van der Waals surface area contributed by atoms with Crippen LogP contribution in [0, 0.1) is 5.92 Å². The average Bonchev–Trinajstić information content (AvgIpc) is 2.99. The molecule has 1 heterocycles. The summed E-state index contributed by atoms with van der Waals surface area (Å²) in [5.74, 6) is 2.68. The summed E-state index contributed by atoms with van der Waals surface area (Å²) in [4.78, 5) is 21.3. The Balaban J connectivity index is 1.40. The van der Waals surface area contributed by atoms with Gasteiger partial charge in [-0.15, -0.1) is 0 Å². The fourth-order valence-corrected chi connectivity index (χ4v) is 4.62. The highest BCUT2D eigenvalue weighted by Gasteiger charge is 2.08. The van der Waals surface area contributed by atoms with Crippen molar-refractivity contribution in [1.29, 1.82) is 0 Å². The molecule has 5 nitrogen and oxygen atoms in total. The maximum atomic E-state index is 12.2. The minimum absolute atomic E-state index is 0.172. The lowest BCUT2D eigenvalue weighted by molar-refractivity contribution is -0.134. The normalized spacial score (nSPS) is 11.8. The Kier molecular flexibility index (Phi) is 14.2. The first-order valence-electron chi connectivity index (χ1n) is 15.5. The highest BCUT2D eigenvalue weighted by molar-refractivity contribution is 5.73. The summed E-state index contributed by atoms with van der Waals surface area (Å²) in [5.41, 5.74) is 2.85. The van der Waals surface area contributed by atoms with E-state index in [2.05, 4.69) is 30.7 Å². The molecule has 0 N–H and O–H groups in total. The SMILES string of the molecule is CCCCCCCCCCOc1ccc(-c2ncc(-c3ccc(OC(=O)CCCCC(C)CC)cc3)cn2)cc1. The highest BCUT2D eigenvalue weighted by Crippen LogP contribution is 2.25. The number of carbonyl (C=O) groups is 1. The first-order valence-corrected chi connectivity index (χ1v) is 15.5. The molecule has 2 aromatic carbocycles. The molecule has 1 aromatic heterocycles. The quantitative estimate of drug-likeness (QED) is 0.0853. The number of rotatable bonds is 19. The molecule has 0 bridgehead atoms. The molecule has 0 aliphatic rings. The van der Waals surface area contributed by atoms with Crippen molar-refractivity contribution in [3.05, 3.63) is 60.9 Å². The van der Waals surface area contributed by atoms with Gasteiger partial charge in [-0.25, -0.2) is 9.97 Å². The number of nitrogens with zero attached hydrogens (tertiary/aromatic N) is 2. The number of unbranched alkanes of at least 4 members (excludes halogenated alkanes) is 8. The zero-order valence-corrected chi connectivity index (χ0v) is 24.9. The molecule has 40 heavy (non-hydrogen) atoms. The van der Waals surface area contributed by atoms with Gasteiger partial charge < -0.3 is 9.47 Å². The minimum Gasteiger partial charge on any atom is -0.494 e. The molecule has 0 aliphatic carbocycles. The summed E-state index contributed by atoms with van der Waals surface area (Å²) >= 11 is 0. The molecule has 3 rings (SSSR count). The Hall–Kier alpha value is -3.21. The molecule has 3 aromatic rings. The van der Waals surface area contributed by atoms with Gasteiger partial charge in [-0.2, -0.15) is 0 Å². The molecule has 0 saturated heterocycles. The molecule has 0 amide bonds. The van der Waals surface area contributed by atoms with Crippen molar-refractivity contribution in [3.8, 4) is 34.0 Å². The van der Waals surface area contributed by atoms with E-state index in [4.69, 9.17) is 9.47 Å². The zero-order chi connectivity index (χ0) is 28.4. The predicted octanol–water partition coefficient (Wildman–Crippen LogP) is 9.84. The van der Waals surface area contributed by atoms with Crippen LogP contribution in [0.2, 0.25) is 0 Å². The summed E-state index contributed by atoms with van der Waals surface area (Å²) in [6, 6.07) is 15.5. The number of benzene rings is 2. The summed E-state index contributed by atoms with van der Waals surface area (Å²) in [7, 11) is 0. The van der Waals surface area contributed by atoms with E-state index >= 15 is 0 Å². The molecule has 0 fully saturated rings. The zero-order valence-electron chi connectivity index (χ0n) is 24.9. The summed E-state index contributed by atoms with van der Waals surface area (Å²) in [6.45, 7) is 7.48. The van der Waals surface area contributed by atoms with E-state index in [0.717, 1.165) is 54.2 Å². The molecule has 0 saturated carbocycles. The van der Waals surface area contributed by atoms with Crippen LogP contribution in [0.3, 0.4) is 0 Å². The van der Waals surface area contributed by atoms with Gasteiger partial charge in [0.1, 0.15) is 11.5 Å². The standard InChI is InChI=1S/C35H48N2O3/c1-4-6-7-8-9-10-11-14-25-39-32-21-19-30(20-22-32)35-36-26-31(27-37-35)29-17-23-33(24-18-29)40-34(38)16-13-12-15-28(3)5-2/h17-24,26-28H,4-16,25H2,1-3H3. The molecule has 1 atom stereocenters. The van der Waals surface area contributed by atoms with Crippen LogP contribution in [-0.2, 0) is 4.79 Å². The minimum atomic E-state index is -0.172. The number of esters is 1. The Morgan fingerprint density at radius 2 is 1.30 bits per heavy atom. The van der Waals surface area contributed by atoms with Gasteiger partial charge in [-0.3, -0.25) is 4.79 Å². The van der Waals surface area contributed by atoms with Crippen LogP contribution in [0.25, 0.3) is 22.5 Å². The van der Waals surface area contributed by atoms with Gasteiger partial charge in [-0.1, -0.05) is 97.1 Å². The Bertz CT molecular complexity index is 1090. The second kappa shape index (κ2) is 18.2. The van der Waals surface area contributed by atoms with Crippen molar-refractivity contribution >= 4 is 5.97 Å². The fourth-order valence-electron chi connectivity index (χ4n) is 4.62. The van der Waals surface area contributed by atoms with Crippen molar-refractivity contribution in [3.63, 3.8) is 0 Å². The molecular formula is C35H48N2O3. The van der Waals surface area contributed by atoms with E-state index < -0.39 is 0 Å².